The molecule has 2 aliphatic rings. The number of phenols is 1. The molecule has 3 rings (SSSR count). The molecule has 1 fully saturated rings. The molecule has 1 atom stereocenters. The first-order valence-corrected chi connectivity index (χ1v) is 7.15. The first-order chi connectivity index (χ1) is 10.1. The van der Waals surface area contributed by atoms with Crippen LogP contribution in [-0.2, 0) is 9.59 Å². The summed E-state index contributed by atoms with van der Waals surface area (Å²) in [4.78, 5) is 27.8. The summed E-state index contributed by atoms with van der Waals surface area (Å²) in [5.74, 6) is 0.215. The molecular formula is C15H18N2O4. The van der Waals surface area contributed by atoms with E-state index in [2.05, 4.69) is 0 Å². The second kappa shape index (κ2) is 5.27. The van der Waals surface area contributed by atoms with Gasteiger partial charge >= 0.3 is 0 Å². The molecule has 1 saturated heterocycles. The molecule has 6 nitrogen and oxygen atoms in total. The van der Waals surface area contributed by atoms with Gasteiger partial charge in [0.05, 0.1) is 5.69 Å². The third-order valence-electron chi connectivity index (χ3n) is 3.90. The lowest BCUT2D eigenvalue weighted by atomic mass is 10.1. The number of phenolic OH excluding ortho intramolecular Hbond substituents is 1. The van der Waals surface area contributed by atoms with Gasteiger partial charge < -0.3 is 14.7 Å². The number of hydrogen-bond donors (Lipinski definition) is 1. The Hall–Kier alpha value is -2.24. The second-order valence-electron chi connectivity index (χ2n) is 5.42. The van der Waals surface area contributed by atoms with Crippen LogP contribution in [0.2, 0.25) is 0 Å². The van der Waals surface area contributed by atoms with Gasteiger partial charge in [0.1, 0.15) is 18.0 Å². The maximum Gasteiger partial charge on any atom is 0.268 e. The van der Waals surface area contributed by atoms with Crippen molar-refractivity contribution in [2.75, 3.05) is 24.5 Å². The molecule has 0 bridgehead atoms. The van der Waals surface area contributed by atoms with Crippen LogP contribution < -0.4 is 9.64 Å². The normalized spacial score (nSPS) is 21.2. The van der Waals surface area contributed by atoms with E-state index in [1.807, 2.05) is 0 Å². The first kappa shape index (κ1) is 13.7. The molecule has 2 amide bonds. The van der Waals surface area contributed by atoms with Crippen LogP contribution in [0.25, 0.3) is 0 Å². The highest BCUT2D eigenvalue weighted by atomic mass is 16.5. The number of likely N-dealkylation sites (tertiary alicyclic amines) is 1. The molecule has 2 aliphatic heterocycles. The van der Waals surface area contributed by atoms with Crippen LogP contribution >= 0.6 is 0 Å². The molecule has 1 aromatic rings. The van der Waals surface area contributed by atoms with E-state index in [4.69, 9.17) is 4.74 Å². The van der Waals surface area contributed by atoms with E-state index in [0.29, 0.717) is 11.4 Å². The molecule has 0 radical (unpaired) electrons. The fraction of sp³-hybridized carbons (Fsp3) is 0.467. The zero-order valence-electron chi connectivity index (χ0n) is 11.9. The smallest absolute Gasteiger partial charge is 0.268 e. The van der Waals surface area contributed by atoms with Crippen LogP contribution in [0.3, 0.4) is 0 Å². The molecular weight excluding hydrogens is 272 g/mol. The first-order valence-electron chi connectivity index (χ1n) is 7.15. The van der Waals surface area contributed by atoms with Crippen molar-refractivity contribution in [2.24, 2.45) is 0 Å². The molecule has 0 aromatic heterocycles. The summed E-state index contributed by atoms with van der Waals surface area (Å²) in [7, 11) is 0. The number of amides is 2. The molecule has 0 spiro atoms. The number of carbonyl (C=O) groups is 2. The number of benzene rings is 1. The molecule has 112 valence electrons. The van der Waals surface area contributed by atoms with E-state index in [9.17, 15) is 14.7 Å². The van der Waals surface area contributed by atoms with Gasteiger partial charge in [-0.25, -0.2) is 0 Å². The maximum atomic E-state index is 12.3. The average molecular weight is 290 g/mol. The number of fused-ring (bicyclic) bond motifs is 1. The Bertz CT molecular complexity index is 581. The van der Waals surface area contributed by atoms with Gasteiger partial charge in [-0.3, -0.25) is 14.5 Å². The minimum Gasteiger partial charge on any atom is -0.508 e. The van der Waals surface area contributed by atoms with Crippen molar-refractivity contribution < 1.29 is 19.4 Å². The van der Waals surface area contributed by atoms with Crippen molar-refractivity contribution in [1.29, 1.82) is 0 Å². The quantitative estimate of drug-likeness (QED) is 0.886. The number of hydrogen-bond acceptors (Lipinski definition) is 4. The topological polar surface area (TPSA) is 70.1 Å². The van der Waals surface area contributed by atoms with Crippen molar-refractivity contribution >= 4 is 17.5 Å². The van der Waals surface area contributed by atoms with E-state index in [1.54, 1.807) is 17.9 Å². The zero-order chi connectivity index (χ0) is 15.0. The van der Waals surface area contributed by atoms with Crippen molar-refractivity contribution in [3.8, 4) is 11.5 Å². The number of anilines is 1. The number of aromatic hydroxyl groups is 1. The van der Waals surface area contributed by atoms with Gasteiger partial charge in [0.15, 0.2) is 6.10 Å². The van der Waals surface area contributed by atoms with Crippen molar-refractivity contribution in [1.82, 2.24) is 4.90 Å². The molecule has 1 aromatic carbocycles. The number of nitrogens with zero attached hydrogens (tertiary/aromatic N) is 2. The Morgan fingerprint density at radius 2 is 2.10 bits per heavy atom. The number of ether oxygens (including phenoxy) is 1. The minimum atomic E-state index is -0.661. The van der Waals surface area contributed by atoms with Crippen LogP contribution in [0.15, 0.2) is 18.2 Å². The average Bonchev–Trinajstić information content (AvgIpc) is 2.97. The predicted octanol–water partition coefficient (Wildman–Crippen LogP) is 1.13. The van der Waals surface area contributed by atoms with Crippen LogP contribution in [0, 0.1) is 0 Å². The second-order valence-corrected chi connectivity index (χ2v) is 5.42. The lowest BCUT2D eigenvalue weighted by Crippen LogP contribution is -2.49. The molecule has 0 aliphatic carbocycles. The van der Waals surface area contributed by atoms with Crippen LogP contribution in [0.5, 0.6) is 11.5 Å². The molecule has 2 heterocycles. The SMILES string of the molecule is CC1Oc2cc(O)ccc2N(CC(=O)N2CCCC2)C1=O. The Morgan fingerprint density at radius 1 is 1.38 bits per heavy atom. The highest BCUT2D eigenvalue weighted by Crippen LogP contribution is 2.36. The van der Waals surface area contributed by atoms with Crippen LogP contribution in [0.4, 0.5) is 5.69 Å². The highest BCUT2D eigenvalue weighted by Gasteiger charge is 2.34. The zero-order valence-corrected chi connectivity index (χ0v) is 11.9. The van der Waals surface area contributed by atoms with Gasteiger partial charge in [0.25, 0.3) is 5.91 Å². The maximum absolute atomic E-state index is 12.3. The lowest BCUT2D eigenvalue weighted by Gasteiger charge is -2.33. The Morgan fingerprint density at radius 3 is 2.81 bits per heavy atom. The molecule has 1 unspecified atom stereocenters. The van der Waals surface area contributed by atoms with Crippen molar-refractivity contribution in [2.45, 2.75) is 25.9 Å². The van der Waals surface area contributed by atoms with Gasteiger partial charge in [-0.05, 0) is 31.9 Å². The van der Waals surface area contributed by atoms with Gasteiger partial charge in [-0.1, -0.05) is 0 Å². The van der Waals surface area contributed by atoms with Crippen LogP contribution in [-0.4, -0.2) is 47.6 Å². The minimum absolute atomic E-state index is 0.0182. The lowest BCUT2D eigenvalue weighted by molar-refractivity contribution is -0.132. The third kappa shape index (κ3) is 2.53. The van der Waals surface area contributed by atoms with E-state index >= 15 is 0 Å². The van der Waals surface area contributed by atoms with E-state index in [1.165, 1.54) is 17.0 Å². The van der Waals surface area contributed by atoms with Gasteiger partial charge in [-0.2, -0.15) is 0 Å². The van der Waals surface area contributed by atoms with Gasteiger partial charge in [-0.15, -0.1) is 0 Å². The molecule has 0 saturated carbocycles. The monoisotopic (exact) mass is 290 g/mol. The summed E-state index contributed by atoms with van der Waals surface area (Å²) in [6, 6.07) is 4.55. The summed E-state index contributed by atoms with van der Waals surface area (Å²) in [5, 5.41) is 9.52. The van der Waals surface area contributed by atoms with Crippen molar-refractivity contribution in [3.05, 3.63) is 18.2 Å². The third-order valence-corrected chi connectivity index (χ3v) is 3.90. The summed E-state index contributed by atoms with van der Waals surface area (Å²) in [6.45, 7) is 3.18. The largest absolute Gasteiger partial charge is 0.508 e. The van der Waals surface area contributed by atoms with E-state index in [-0.39, 0.29) is 24.1 Å². The summed E-state index contributed by atoms with van der Waals surface area (Å²) < 4.78 is 5.49. The van der Waals surface area contributed by atoms with E-state index in [0.717, 1.165) is 25.9 Å². The van der Waals surface area contributed by atoms with Crippen molar-refractivity contribution in [3.63, 3.8) is 0 Å². The van der Waals surface area contributed by atoms with Gasteiger partial charge in [0.2, 0.25) is 5.91 Å². The molecule has 1 N–H and O–H groups in total. The van der Waals surface area contributed by atoms with E-state index < -0.39 is 6.10 Å². The Kier molecular flexibility index (Phi) is 3.45. The number of carbonyl (C=O) groups excluding carboxylic acids is 2. The highest BCUT2D eigenvalue weighted by molar-refractivity contribution is 6.03. The van der Waals surface area contributed by atoms with Gasteiger partial charge in [0, 0.05) is 19.2 Å². The summed E-state index contributed by atoms with van der Waals surface area (Å²) in [5.41, 5.74) is 0.531. The summed E-state index contributed by atoms with van der Waals surface area (Å²) in [6.07, 6.45) is 1.37. The predicted molar refractivity (Wildman–Crippen MR) is 76.4 cm³/mol. The number of rotatable bonds is 2. The summed E-state index contributed by atoms with van der Waals surface area (Å²) >= 11 is 0. The Labute approximate surface area is 122 Å². The van der Waals surface area contributed by atoms with Crippen LogP contribution in [0.1, 0.15) is 19.8 Å². The fourth-order valence-electron chi connectivity index (χ4n) is 2.76. The standard InChI is InChI=1S/C15H18N2O4/c1-10-15(20)17(9-14(19)16-6-2-3-7-16)12-5-4-11(18)8-13(12)21-10/h4-5,8,10,18H,2-3,6-7,9H2,1H3. The molecule has 6 heteroatoms. The molecule has 21 heavy (non-hydrogen) atoms. The fourth-order valence-corrected chi connectivity index (χ4v) is 2.76. The Balaban J connectivity index is 1.86.